The Morgan fingerprint density at radius 3 is 2.10 bits per heavy atom. The summed E-state index contributed by atoms with van der Waals surface area (Å²) in [6, 6.07) is 7.70. The first-order valence-electron chi connectivity index (χ1n) is 5.46. The second-order valence-corrected chi connectivity index (χ2v) is 4.38. The highest BCUT2D eigenvalue weighted by Gasteiger charge is 2.31. The van der Waals surface area contributed by atoms with Crippen LogP contribution in [-0.4, -0.2) is 5.24 Å². The van der Waals surface area contributed by atoms with Crippen molar-refractivity contribution in [3.8, 4) is 11.1 Å². The smallest absolute Gasteiger partial charge is 0.276 e. The lowest BCUT2D eigenvalue weighted by Gasteiger charge is -2.11. The van der Waals surface area contributed by atoms with Gasteiger partial charge in [0, 0.05) is 5.56 Å². The van der Waals surface area contributed by atoms with E-state index in [1.807, 2.05) is 0 Å². The Hall–Kier alpha value is -1.88. The van der Waals surface area contributed by atoms with E-state index in [1.165, 1.54) is 12.1 Å². The van der Waals surface area contributed by atoms with Gasteiger partial charge in [-0.2, -0.15) is 13.2 Å². The Labute approximate surface area is 116 Å². The number of carbonyl (C=O) groups excluding carboxylic acids is 1. The van der Waals surface area contributed by atoms with Crippen molar-refractivity contribution in [2.75, 3.05) is 0 Å². The normalized spacial score (nSPS) is 11.4. The van der Waals surface area contributed by atoms with Crippen molar-refractivity contribution in [3.63, 3.8) is 0 Å². The minimum absolute atomic E-state index is 0.220. The minimum Gasteiger partial charge on any atom is -0.276 e. The third kappa shape index (κ3) is 2.99. The lowest BCUT2D eigenvalue weighted by Crippen LogP contribution is -2.07. The SMILES string of the molecule is O=C(Cl)c1cc(C(F)(F)F)ccc1-c1ccc(F)cc1. The maximum atomic E-state index is 12.8. The molecule has 0 aliphatic heterocycles. The van der Waals surface area contributed by atoms with E-state index in [1.54, 1.807) is 0 Å². The number of rotatable bonds is 2. The summed E-state index contributed by atoms with van der Waals surface area (Å²) < 4.78 is 50.7. The molecule has 0 aromatic heterocycles. The van der Waals surface area contributed by atoms with E-state index >= 15 is 0 Å². The molecule has 20 heavy (non-hydrogen) atoms. The van der Waals surface area contributed by atoms with Crippen LogP contribution in [-0.2, 0) is 6.18 Å². The van der Waals surface area contributed by atoms with Crippen LogP contribution < -0.4 is 0 Å². The zero-order chi connectivity index (χ0) is 14.9. The predicted octanol–water partition coefficient (Wildman–Crippen LogP) is 4.89. The quantitative estimate of drug-likeness (QED) is 0.570. The first kappa shape index (κ1) is 14.5. The summed E-state index contributed by atoms with van der Waals surface area (Å²) in [4.78, 5) is 11.3. The summed E-state index contributed by atoms with van der Waals surface area (Å²) in [5.41, 5.74) is -0.609. The summed E-state index contributed by atoms with van der Waals surface area (Å²) >= 11 is 5.33. The summed E-state index contributed by atoms with van der Waals surface area (Å²) in [7, 11) is 0. The average molecular weight is 303 g/mol. The third-order valence-electron chi connectivity index (χ3n) is 2.71. The van der Waals surface area contributed by atoms with Crippen molar-refractivity contribution < 1.29 is 22.4 Å². The topological polar surface area (TPSA) is 17.1 Å². The van der Waals surface area contributed by atoms with Gasteiger partial charge >= 0.3 is 6.18 Å². The van der Waals surface area contributed by atoms with Gasteiger partial charge in [0.25, 0.3) is 5.24 Å². The van der Waals surface area contributed by atoms with Gasteiger partial charge in [-0.25, -0.2) is 4.39 Å². The van der Waals surface area contributed by atoms with Crippen molar-refractivity contribution in [1.29, 1.82) is 0 Å². The van der Waals surface area contributed by atoms with Crippen LogP contribution in [0, 0.1) is 5.82 Å². The monoisotopic (exact) mass is 302 g/mol. The van der Waals surface area contributed by atoms with Gasteiger partial charge in [-0.05, 0) is 47.0 Å². The standard InChI is InChI=1S/C14H7ClF4O/c15-13(20)12-7-9(14(17,18)19)3-6-11(12)8-1-4-10(16)5-2-8/h1-7H. The fourth-order valence-electron chi connectivity index (χ4n) is 1.76. The molecule has 0 radical (unpaired) electrons. The second-order valence-electron chi connectivity index (χ2n) is 4.04. The maximum absolute atomic E-state index is 12.8. The summed E-state index contributed by atoms with van der Waals surface area (Å²) in [6.07, 6.45) is -4.57. The summed E-state index contributed by atoms with van der Waals surface area (Å²) in [6.45, 7) is 0. The molecule has 0 saturated heterocycles. The van der Waals surface area contributed by atoms with Crippen molar-refractivity contribution >= 4 is 16.8 Å². The zero-order valence-corrected chi connectivity index (χ0v) is 10.6. The van der Waals surface area contributed by atoms with Crippen LogP contribution in [0.5, 0.6) is 0 Å². The van der Waals surface area contributed by atoms with Crippen LogP contribution in [0.1, 0.15) is 15.9 Å². The van der Waals surface area contributed by atoms with Gasteiger partial charge in [-0.15, -0.1) is 0 Å². The van der Waals surface area contributed by atoms with Gasteiger partial charge in [0.1, 0.15) is 5.82 Å². The van der Waals surface area contributed by atoms with Gasteiger partial charge in [-0.3, -0.25) is 4.79 Å². The van der Waals surface area contributed by atoms with Crippen LogP contribution in [0.25, 0.3) is 11.1 Å². The maximum Gasteiger partial charge on any atom is 0.416 e. The molecule has 2 aromatic rings. The summed E-state index contributed by atoms with van der Waals surface area (Å²) in [5.74, 6) is -0.487. The Kier molecular flexibility index (Phi) is 3.81. The van der Waals surface area contributed by atoms with E-state index in [4.69, 9.17) is 11.6 Å². The van der Waals surface area contributed by atoms with Crippen LogP contribution in [0.2, 0.25) is 0 Å². The molecule has 2 aromatic carbocycles. The minimum atomic E-state index is -4.57. The molecule has 0 unspecified atom stereocenters. The molecule has 0 aliphatic carbocycles. The van der Waals surface area contributed by atoms with Crippen LogP contribution >= 0.6 is 11.6 Å². The highest BCUT2D eigenvalue weighted by molar-refractivity contribution is 6.68. The molecule has 0 aliphatic rings. The first-order chi connectivity index (χ1) is 9.29. The van der Waals surface area contributed by atoms with Crippen molar-refractivity contribution in [2.24, 2.45) is 0 Å². The van der Waals surface area contributed by atoms with Crippen LogP contribution in [0.15, 0.2) is 42.5 Å². The van der Waals surface area contributed by atoms with Gasteiger partial charge in [0.05, 0.1) is 5.56 Å². The average Bonchev–Trinajstić information content (AvgIpc) is 2.38. The number of carbonyl (C=O) groups is 1. The molecule has 0 spiro atoms. The molecule has 0 atom stereocenters. The van der Waals surface area contributed by atoms with E-state index in [9.17, 15) is 22.4 Å². The largest absolute Gasteiger partial charge is 0.416 e. The first-order valence-corrected chi connectivity index (χ1v) is 5.84. The predicted molar refractivity (Wildman–Crippen MR) is 67.0 cm³/mol. The Morgan fingerprint density at radius 2 is 1.60 bits per heavy atom. The third-order valence-corrected chi connectivity index (χ3v) is 2.92. The van der Waals surface area contributed by atoms with Crippen LogP contribution in [0.3, 0.4) is 0 Å². The Balaban J connectivity index is 2.59. The lowest BCUT2D eigenvalue weighted by molar-refractivity contribution is -0.137. The van der Waals surface area contributed by atoms with Crippen molar-refractivity contribution in [3.05, 3.63) is 59.4 Å². The zero-order valence-electron chi connectivity index (χ0n) is 9.84. The Bertz CT molecular complexity index is 647. The highest BCUT2D eigenvalue weighted by atomic mass is 35.5. The molecule has 0 N–H and O–H groups in total. The molecule has 0 fully saturated rings. The fraction of sp³-hybridized carbons (Fsp3) is 0.0714. The summed E-state index contributed by atoms with van der Waals surface area (Å²) in [5, 5.41) is -1.00. The van der Waals surface area contributed by atoms with E-state index in [0.29, 0.717) is 11.6 Å². The van der Waals surface area contributed by atoms with E-state index in [-0.39, 0.29) is 11.1 Å². The van der Waals surface area contributed by atoms with Crippen LogP contribution in [0.4, 0.5) is 17.6 Å². The fourth-order valence-corrected chi connectivity index (χ4v) is 1.92. The number of hydrogen-bond acceptors (Lipinski definition) is 1. The van der Waals surface area contributed by atoms with Crippen molar-refractivity contribution in [2.45, 2.75) is 6.18 Å². The van der Waals surface area contributed by atoms with E-state index in [2.05, 4.69) is 0 Å². The molecule has 0 bridgehead atoms. The second kappa shape index (κ2) is 5.25. The molecule has 2 rings (SSSR count). The molecule has 0 saturated carbocycles. The number of hydrogen-bond donors (Lipinski definition) is 0. The van der Waals surface area contributed by atoms with Gasteiger partial charge in [0.2, 0.25) is 0 Å². The Morgan fingerprint density at radius 1 is 1.00 bits per heavy atom. The molecule has 0 amide bonds. The molecular formula is C14H7ClF4O. The van der Waals surface area contributed by atoms with Gasteiger partial charge in [0.15, 0.2) is 0 Å². The van der Waals surface area contributed by atoms with E-state index in [0.717, 1.165) is 24.3 Å². The van der Waals surface area contributed by atoms with Gasteiger partial charge in [-0.1, -0.05) is 18.2 Å². The van der Waals surface area contributed by atoms with Crippen molar-refractivity contribution in [1.82, 2.24) is 0 Å². The highest BCUT2D eigenvalue weighted by Crippen LogP contribution is 2.34. The molecular weight excluding hydrogens is 296 g/mol. The number of benzene rings is 2. The van der Waals surface area contributed by atoms with E-state index < -0.39 is 22.8 Å². The molecule has 104 valence electrons. The molecule has 1 nitrogen and oxygen atoms in total. The lowest BCUT2D eigenvalue weighted by atomic mass is 9.98. The number of halogens is 5. The molecule has 0 heterocycles. The van der Waals surface area contributed by atoms with Gasteiger partial charge < -0.3 is 0 Å². The number of alkyl halides is 3. The molecule has 6 heteroatoms.